The molecule has 0 bridgehead atoms. The van der Waals surface area contributed by atoms with Crippen LogP contribution in [0.4, 0.5) is 0 Å². The van der Waals surface area contributed by atoms with E-state index in [1.807, 2.05) is 30.5 Å². The second kappa shape index (κ2) is 5.68. The molecule has 0 aliphatic carbocycles. The van der Waals surface area contributed by atoms with Crippen LogP contribution in [-0.2, 0) is 6.54 Å². The van der Waals surface area contributed by atoms with Gasteiger partial charge >= 0.3 is 7.12 Å². The zero-order valence-corrected chi connectivity index (χ0v) is 11.9. The highest BCUT2D eigenvalue weighted by Crippen LogP contribution is 2.12. The fourth-order valence-electron chi connectivity index (χ4n) is 2.65. The number of benzene rings is 2. The third kappa shape index (κ3) is 2.82. The Morgan fingerprint density at radius 1 is 1.00 bits per heavy atom. The lowest BCUT2D eigenvalue weighted by Gasteiger charge is -2.07. The van der Waals surface area contributed by atoms with Crippen molar-refractivity contribution >= 4 is 23.5 Å². The van der Waals surface area contributed by atoms with Crippen molar-refractivity contribution in [1.82, 2.24) is 0 Å². The van der Waals surface area contributed by atoms with Crippen LogP contribution in [0.1, 0.15) is 11.1 Å². The third-order valence-electron chi connectivity index (χ3n) is 3.71. The van der Waals surface area contributed by atoms with Gasteiger partial charge in [0, 0.05) is 23.1 Å². The molecule has 0 spiro atoms. The summed E-state index contributed by atoms with van der Waals surface area (Å²) in [6.07, 6.45) is 2.01. The molecule has 104 valence electrons. The predicted molar refractivity (Wildman–Crippen MR) is 84.2 cm³/mol. The van der Waals surface area contributed by atoms with Gasteiger partial charge < -0.3 is 10.0 Å². The van der Waals surface area contributed by atoms with Crippen LogP contribution >= 0.6 is 0 Å². The first-order valence-electron chi connectivity index (χ1n) is 6.98. The van der Waals surface area contributed by atoms with E-state index >= 15 is 0 Å². The Labute approximate surface area is 124 Å². The number of nitrogens with zero attached hydrogens (tertiary/aromatic N) is 1. The predicted octanol–water partition coefficient (Wildman–Crippen LogP) is 1.16. The van der Waals surface area contributed by atoms with Gasteiger partial charge in [0.25, 0.3) is 0 Å². The third-order valence-corrected chi connectivity index (χ3v) is 3.71. The first-order valence-corrected chi connectivity index (χ1v) is 6.98. The Morgan fingerprint density at radius 2 is 1.81 bits per heavy atom. The summed E-state index contributed by atoms with van der Waals surface area (Å²) in [5.41, 5.74) is 3.82. The van der Waals surface area contributed by atoms with E-state index in [2.05, 4.69) is 35.8 Å². The fourth-order valence-corrected chi connectivity index (χ4v) is 2.65. The van der Waals surface area contributed by atoms with Gasteiger partial charge in [-0.25, -0.2) is 0 Å². The number of rotatable bonds is 3. The van der Waals surface area contributed by atoms with Crippen molar-refractivity contribution in [3.63, 3.8) is 0 Å². The number of aromatic nitrogens is 1. The van der Waals surface area contributed by atoms with Crippen LogP contribution in [-0.4, -0.2) is 17.2 Å². The molecule has 3 nitrogen and oxygen atoms in total. The zero-order chi connectivity index (χ0) is 14.8. The second-order valence-corrected chi connectivity index (χ2v) is 5.27. The van der Waals surface area contributed by atoms with Crippen molar-refractivity contribution in [1.29, 1.82) is 0 Å². The smallest absolute Gasteiger partial charge is 0.423 e. The average molecular weight is 278 g/mol. The van der Waals surface area contributed by atoms with E-state index in [0.717, 1.165) is 11.1 Å². The van der Waals surface area contributed by atoms with E-state index in [1.165, 1.54) is 10.9 Å². The minimum absolute atomic E-state index is 0.550. The summed E-state index contributed by atoms with van der Waals surface area (Å²) in [4.78, 5) is 0. The molecule has 0 saturated carbocycles. The van der Waals surface area contributed by atoms with Crippen LogP contribution < -0.4 is 10.0 Å². The maximum absolute atomic E-state index is 9.48. The van der Waals surface area contributed by atoms with Gasteiger partial charge in [0.05, 0.1) is 0 Å². The number of hydrogen-bond acceptors (Lipinski definition) is 2. The Kier molecular flexibility index (Phi) is 3.73. The molecule has 4 heteroatoms. The van der Waals surface area contributed by atoms with E-state index in [0.29, 0.717) is 12.0 Å². The van der Waals surface area contributed by atoms with Crippen molar-refractivity contribution in [3.8, 4) is 0 Å². The molecule has 0 aliphatic heterocycles. The first-order chi connectivity index (χ1) is 10.1. The highest BCUT2D eigenvalue weighted by atomic mass is 16.4. The monoisotopic (exact) mass is 278 g/mol. The zero-order valence-electron chi connectivity index (χ0n) is 11.9. The van der Waals surface area contributed by atoms with E-state index in [-0.39, 0.29) is 0 Å². The molecule has 0 amide bonds. The summed E-state index contributed by atoms with van der Waals surface area (Å²) in [5.74, 6) is 0. The van der Waals surface area contributed by atoms with E-state index < -0.39 is 7.12 Å². The number of aryl methyl sites for hydroxylation is 1. The lowest BCUT2D eigenvalue weighted by atomic mass is 9.77. The summed E-state index contributed by atoms with van der Waals surface area (Å²) >= 11 is 0. The summed E-state index contributed by atoms with van der Waals surface area (Å²) in [7, 11) is -1.45. The van der Waals surface area contributed by atoms with Crippen molar-refractivity contribution in [2.24, 2.45) is 0 Å². The Hall–Kier alpha value is -2.17. The number of pyridine rings is 1. The Bertz CT molecular complexity index is 787. The highest BCUT2D eigenvalue weighted by molar-refractivity contribution is 6.59. The molecule has 3 aromatic rings. The van der Waals surface area contributed by atoms with Crippen LogP contribution in [0.5, 0.6) is 0 Å². The first kappa shape index (κ1) is 13.8. The van der Waals surface area contributed by atoms with E-state index in [4.69, 9.17) is 0 Å². The van der Waals surface area contributed by atoms with Crippen molar-refractivity contribution < 1.29 is 14.6 Å². The van der Waals surface area contributed by atoms with Gasteiger partial charge in [0.2, 0.25) is 5.52 Å². The molecular formula is C17H17BNO2+. The fraction of sp³-hybridized carbons (Fsp3) is 0.118. The summed E-state index contributed by atoms with van der Waals surface area (Å²) in [6, 6.07) is 17.8. The van der Waals surface area contributed by atoms with E-state index in [1.54, 1.807) is 6.07 Å². The summed E-state index contributed by atoms with van der Waals surface area (Å²) in [5, 5.41) is 20.1. The van der Waals surface area contributed by atoms with Crippen molar-refractivity contribution in [2.45, 2.75) is 13.5 Å². The molecule has 2 aromatic carbocycles. The lowest BCUT2D eigenvalue weighted by molar-refractivity contribution is -0.662. The van der Waals surface area contributed by atoms with Crippen molar-refractivity contribution in [2.75, 3.05) is 0 Å². The second-order valence-electron chi connectivity index (χ2n) is 5.27. The van der Waals surface area contributed by atoms with Crippen LogP contribution in [0.3, 0.4) is 0 Å². The Morgan fingerprint density at radius 3 is 2.62 bits per heavy atom. The summed E-state index contributed by atoms with van der Waals surface area (Å²) < 4.78 is 2.12. The van der Waals surface area contributed by atoms with E-state index in [9.17, 15) is 10.0 Å². The van der Waals surface area contributed by atoms with Gasteiger partial charge in [-0.15, -0.1) is 0 Å². The van der Waals surface area contributed by atoms with Crippen LogP contribution in [0, 0.1) is 6.92 Å². The molecule has 2 N–H and O–H groups in total. The maximum Gasteiger partial charge on any atom is 0.488 e. The molecular weight excluding hydrogens is 261 g/mol. The number of fused-ring (bicyclic) bond motifs is 1. The minimum atomic E-state index is -1.45. The molecule has 1 heterocycles. The SMILES string of the molecule is Cc1ccc2c(ccc[n+]2Cc2ccccc2B(O)O)c1. The van der Waals surface area contributed by atoms with Gasteiger partial charge in [-0.05, 0) is 24.5 Å². The van der Waals surface area contributed by atoms with Crippen LogP contribution in [0.2, 0.25) is 0 Å². The quantitative estimate of drug-likeness (QED) is 0.558. The molecule has 21 heavy (non-hydrogen) atoms. The maximum atomic E-state index is 9.48. The normalized spacial score (nSPS) is 10.8. The molecule has 0 aliphatic rings. The van der Waals surface area contributed by atoms with Gasteiger partial charge in [-0.3, -0.25) is 0 Å². The number of hydrogen-bond donors (Lipinski definition) is 2. The van der Waals surface area contributed by atoms with Gasteiger partial charge in [0.1, 0.15) is 0 Å². The molecule has 1 aromatic heterocycles. The molecule has 0 atom stereocenters. The highest BCUT2D eigenvalue weighted by Gasteiger charge is 2.18. The molecule has 0 unspecified atom stereocenters. The molecule has 3 rings (SSSR count). The molecule has 0 radical (unpaired) electrons. The molecule has 0 fully saturated rings. The topological polar surface area (TPSA) is 44.3 Å². The average Bonchev–Trinajstić information content (AvgIpc) is 2.47. The Balaban J connectivity index is 2.07. The van der Waals surface area contributed by atoms with Crippen LogP contribution in [0.25, 0.3) is 10.9 Å². The van der Waals surface area contributed by atoms with Gasteiger partial charge in [0.15, 0.2) is 12.7 Å². The minimum Gasteiger partial charge on any atom is -0.423 e. The van der Waals surface area contributed by atoms with Gasteiger partial charge in [-0.1, -0.05) is 35.9 Å². The lowest BCUT2D eigenvalue weighted by Crippen LogP contribution is -2.41. The summed E-state index contributed by atoms with van der Waals surface area (Å²) in [6.45, 7) is 2.68. The standard InChI is InChI=1S/C17H17BNO2/c1-13-8-9-17-14(11-13)6-4-10-19(17)12-15-5-2-3-7-16(15)18(20)21/h2-11,20-21H,12H2,1H3/q+1. The van der Waals surface area contributed by atoms with Crippen LogP contribution in [0.15, 0.2) is 60.8 Å². The largest absolute Gasteiger partial charge is 0.488 e. The molecule has 0 saturated heterocycles. The van der Waals surface area contributed by atoms with Gasteiger partial charge in [-0.2, -0.15) is 4.57 Å². The van der Waals surface area contributed by atoms with Crippen molar-refractivity contribution in [3.05, 3.63) is 71.9 Å².